The molecule has 0 aliphatic carbocycles. The third kappa shape index (κ3) is 2.17. The van der Waals surface area contributed by atoms with Gasteiger partial charge in [-0.15, -0.1) is 0 Å². The minimum atomic E-state index is 0.507. The van der Waals surface area contributed by atoms with Gasteiger partial charge in [0.25, 0.3) is 0 Å². The van der Waals surface area contributed by atoms with Crippen LogP contribution in [0.15, 0.2) is 24.3 Å². The third-order valence-electron chi connectivity index (χ3n) is 3.14. The van der Waals surface area contributed by atoms with Gasteiger partial charge in [-0.25, -0.2) is 0 Å². The van der Waals surface area contributed by atoms with E-state index < -0.39 is 0 Å². The predicted molar refractivity (Wildman–Crippen MR) is 65.5 cm³/mol. The predicted octanol–water partition coefficient (Wildman–Crippen LogP) is 1.70. The van der Waals surface area contributed by atoms with Crippen LogP contribution in [0.4, 0.5) is 5.69 Å². The molecule has 1 aliphatic heterocycles. The van der Waals surface area contributed by atoms with E-state index in [2.05, 4.69) is 35.9 Å². The number of likely N-dealkylation sites (N-methyl/N-ethyl adjacent to an activating group) is 1. The molecule has 1 aromatic rings. The van der Waals surface area contributed by atoms with Crippen LogP contribution in [0, 0.1) is 11.3 Å². The number of hydrogen-bond acceptors (Lipinski definition) is 3. The van der Waals surface area contributed by atoms with Crippen molar-refractivity contribution in [3.05, 3.63) is 29.8 Å². The average molecular weight is 215 g/mol. The summed E-state index contributed by atoms with van der Waals surface area (Å²) >= 11 is 0. The van der Waals surface area contributed by atoms with Crippen LogP contribution in [-0.4, -0.2) is 37.6 Å². The molecule has 0 spiro atoms. The first-order chi connectivity index (χ1) is 7.70. The topological polar surface area (TPSA) is 30.3 Å². The Hall–Kier alpha value is -1.53. The first-order valence-corrected chi connectivity index (χ1v) is 5.66. The zero-order valence-electron chi connectivity index (χ0n) is 9.85. The lowest BCUT2D eigenvalue weighted by molar-refractivity contribution is 0.275. The van der Waals surface area contributed by atoms with Crippen LogP contribution >= 0.6 is 0 Å². The van der Waals surface area contributed by atoms with Crippen LogP contribution in [0.25, 0.3) is 0 Å². The molecule has 16 heavy (non-hydrogen) atoms. The van der Waals surface area contributed by atoms with Crippen molar-refractivity contribution in [3.63, 3.8) is 0 Å². The van der Waals surface area contributed by atoms with Gasteiger partial charge in [-0.2, -0.15) is 5.26 Å². The summed E-state index contributed by atoms with van der Waals surface area (Å²) in [5, 5.41) is 8.89. The number of benzene rings is 1. The highest BCUT2D eigenvalue weighted by atomic mass is 15.3. The Morgan fingerprint density at radius 1 is 1.38 bits per heavy atom. The molecule has 1 aliphatic rings. The van der Waals surface area contributed by atoms with Gasteiger partial charge in [0, 0.05) is 31.4 Å². The van der Waals surface area contributed by atoms with Gasteiger partial charge in [0.1, 0.15) is 0 Å². The van der Waals surface area contributed by atoms with E-state index in [4.69, 9.17) is 5.26 Å². The maximum atomic E-state index is 8.89. The standard InChI is InChI=1S/C13H17N3/c1-11-10-15(2)6-7-16(11)13-5-3-4-12(8-13)9-14/h3-5,8,11H,6-7,10H2,1-2H3. The smallest absolute Gasteiger partial charge is 0.0992 e. The van der Waals surface area contributed by atoms with Gasteiger partial charge in [0.15, 0.2) is 0 Å². The van der Waals surface area contributed by atoms with Crippen LogP contribution in [0.2, 0.25) is 0 Å². The van der Waals surface area contributed by atoms with Crippen LogP contribution in [-0.2, 0) is 0 Å². The number of nitrogens with zero attached hydrogens (tertiary/aromatic N) is 3. The van der Waals surface area contributed by atoms with E-state index >= 15 is 0 Å². The summed E-state index contributed by atoms with van der Waals surface area (Å²) in [4.78, 5) is 4.72. The van der Waals surface area contributed by atoms with Crippen molar-refractivity contribution in [2.75, 3.05) is 31.6 Å². The SMILES string of the molecule is CC1CN(C)CCN1c1cccc(C#N)c1. The second-order valence-electron chi connectivity index (χ2n) is 4.47. The molecule has 3 heteroatoms. The van der Waals surface area contributed by atoms with Gasteiger partial charge in [-0.3, -0.25) is 0 Å². The highest BCUT2D eigenvalue weighted by molar-refractivity contribution is 5.52. The van der Waals surface area contributed by atoms with Gasteiger partial charge in [-0.1, -0.05) is 6.07 Å². The molecule has 1 unspecified atom stereocenters. The van der Waals surface area contributed by atoms with Crippen molar-refractivity contribution in [2.24, 2.45) is 0 Å². The Morgan fingerprint density at radius 3 is 2.88 bits per heavy atom. The Balaban J connectivity index is 2.20. The van der Waals surface area contributed by atoms with E-state index in [1.54, 1.807) is 0 Å². The number of rotatable bonds is 1. The van der Waals surface area contributed by atoms with Crippen LogP contribution in [0.5, 0.6) is 0 Å². The molecule has 1 atom stereocenters. The van der Waals surface area contributed by atoms with Gasteiger partial charge in [0.05, 0.1) is 11.6 Å². The summed E-state index contributed by atoms with van der Waals surface area (Å²) in [6, 6.07) is 10.6. The first-order valence-electron chi connectivity index (χ1n) is 5.66. The highest BCUT2D eigenvalue weighted by Crippen LogP contribution is 2.20. The van der Waals surface area contributed by atoms with E-state index in [1.165, 1.54) is 5.69 Å². The maximum Gasteiger partial charge on any atom is 0.0992 e. The molecule has 1 heterocycles. The molecule has 1 aromatic carbocycles. The zero-order chi connectivity index (χ0) is 11.5. The van der Waals surface area contributed by atoms with Gasteiger partial charge >= 0.3 is 0 Å². The second kappa shape index (κ2) is 4.54. The number of piperazine rings is 1. The molecular weight excluding hydrogens is 198 g/mol. The van der Waals surface area contributed by atoms with E-state index in [0.29, 0.717) is 6.04 Å². The highest BCUT2D eigenvalue weighted by Gasteiger charge is 2.21. The summed E-state index contributed by atoms with van der Waals surface area (Å²) in [5.74, 6) is 0. The van der Waals surface area contributed by atoms with Crippen LogP contribution in [0.1, 0.15) is 12.5 Å². The van der Waals surface area contributed by atoms with Crippen molar-refractivity contribution in [2.45, 2.75) is 13.0 Å². The Bertz CT molecular complexity index is 408. The zero-order valence-corrected chi connectivity index (χ0v) is 9.85. The molecule has 0 bridgehead atoms. The minimum Gasteiger partial charge on any atom is -0.366 e. The normalized spacial score (nSPS) is 21.8. The fourth-order valence-corrected chi connectivity index (χ4v) is 2.28. The van der Waals surface area contributed by atoms with Gasteiger partial charge in [0.2, 0.25) is 0 Å². The fourth-order valence-electron chi connectivity index (χ4n) is 2.28. The molecule has 0 amide bonds. The van der Waals surface area contributed by atoms with Crippen molar-refractivity contribution >= 4 is 5.69 Å². The Morgan fingerprint density at radius 2 is 2.19 bits per heavy atom. The largest absolute Gasteiger partial charge is 0.366 e. The van der Waals surface area contributed by atoms with E-state index in [-0.39, 0.29) is 0 Å². The molecule has 1 fully saturated rings. The number of nitriles is 1. The van der Waals surface area contributed by atoms with Crippen molar-refractivity contribution in [1.82, 2.24) is 4.90 Å². The lowest BCUT2D eigenvalue weighted by atomic mass is 10.1. The summed E-state index contributed by atoms with van der Waals surface area (Å²) in [6.07, 6.45) is 0. The molecule has 84 valence electrons. The van der Waals surface area contributed by atoms with Crippen LogP contribution < -0.4 is 4.90 Å². The second-order valence-corrected chi connectivity index (χ2v) is 4.47. The van der Waals surface area contributed by atoms with E-state index in [9.17, 15) is 0 Å². The summed E-state index contributed by atoms with van der Waals surface area (Å²) in [5.41, 5.74) is 1.91. The minimum absolute atomic E-state index is 0.507. The number of anilines is 1. The summed E-state index contributed by atoms with van der Waals surface area (Å²) in [7, 11) is 2.15. The quantitative estimate of drug-likeness (QED) is 0.714. The molecule has 1 saturated heterocycles. The van der Waals surface area contributed by atoms with Crippen LogP contribution in [0.3, 0.4) is 0 Å². The van der Waals surface area contributed by atoms with E-state index in [1.807, 2.05) is 18.2 Å². The third-order valence-corrected chi connectivity index (χ3v) is 3.14. The van der Waals surface area contributed by atoms with Crippen molar-refractivity contribution < 1.29 is 0 Å². The first kappa shape index (κ1) is 11.0. The average Bonchev–Trinajstić information content (AvgIpc) is 2.29. The molecular formula is C13H17N3. The Labute approximate surface area is 96.9 Å². The lowest BCUT2D eigenvalue weighted by Gasteiger charge is -2.39. The monoisotopic (exact) mass is 215 g/mol. The molecule has 3 nitrogen and oxygen atoms in total. The van der Waals surface area contributed by atoms with Gasteiger partial charge in [-0.05, 0) is 32.2 Å². The fraction of sp³-hybridized carbons (Fsp3) is 0.462. The Kier molecular flexibility index (Phi) is 3.12. The molecule has 0 saturated carbocycles. The maximum absolute atomic E-state index is 8.89. The van der Waals surface area contributed by atoms with Crippen molar-refractivity contribution in [3.8, 4) is 6.07 Å². The molecule has 0 aromatic heterocycles. The molecule has 0 N–H and O–H groups in total. The number of hydrogen-bond donors (Lipinski definition) is 0. The molecule has 2 rings (SSSR count). The van der Waals surface area contributed by atoms with Crippen molar-refractivity contribution in [1.29, 1.82) is 5.26 Å². The lowest BCUT2D eigenvalue weighted by Crippen LogP contribution is -2.50. The van der Waals surface area contributed by atoms with Gasteiger partial charge < -0.3 is 9.80 Å². The molecule has 0 radical (unpaired) electrons. The summed E-state index contributed by atoms with van der Waals surface area (Å²) < 4.78 is 0. The summed E-state index contributed by atoms with van der Waals surface area (Å²) in [6.45, 7) is 5.43. The van der Waals surface area contributed by atoms with E-state index in [0.717, 1.165) is 25.2 Å².